The molecule has 0 spiro atoms. The van der Waals surface area contributed by atoms with Gasteiger partial charge in [0.2, 0.25) is 11.8 Å². The molecule has 0 aromatic heterocycles. The first-order valence-corrected chi connectivity index (χ1v) is 6.88. The molecule has 0 radical (unpaired) electrons. The summed E-state index contributed by atoms with van der Waals surface area (Å²) in [7, 11) is 0. The smallest absolute Gasteiger partial charge is 0.224 e. The van der Waals surface area contributed by atoms with Crippen LogP contribution in [-0.4, -0.2) is 24.9 Å². The normalized spacial score (nSPS) is 10.0. The molecule has 4 nitrogen and oxygen atoms in total. The van der Waals surface area contributed by atoms with Crippen LogP contribution in [-0.2, 0) is 16.0 Å². The highest BCUT2D eigenvalue weighted by Gasteiger charge is 2.04. The Morgan fingerprint density at radius 2 is 1.68 bits per heavy atom. The van der Waals surface area contributed by atoms with Gasteiger partial charge in [0, 0.05) is 24.4 Å². The molecule has 104 valence electrons. The zero-order chi connectivity index (χ0) is 14.1. The van der Waals surface area contributed by atoms with Crippen LogP contribution in [0.2, 0.25) is 0 Å². The average Bonchev–Trinajstić information content (AvgIpc) is 2.39. The third kappa shape index (κ3) is 6.86. The number of amides is 2. The molecule has 2 amide bonds. The van der Waals surface area contributed by atoms with Crippen LogP contribution < -0.4 is 10.6 Å². The lowest BCUT2D eigenvalue weighted by Gasteiger charge is -2.06. The largest absolute Gasteiger partial charge is 0.356 e. The highest BCUT2D eigenvalue weighted by atomic mass is 32.1. The molecule has 1 aromatic carbocycles. The second-order valence-electron chi connectivity index (χ2n) is 4.29. The fourth-order valence-electron chi connectivity index (χ4n) is 1.53. The summed E-state index contributed by atoms with van der Waals surface area (Å²) in [5.74, 6) is -0.100. The highest BCUT2D eigenvalue weighted by molar-refractivity contribution is 7.80. The van der Waals surface area contributed by atoms with Gasteiger partial charge in [0.1, 0.15) is 0 Å². The van der Waals surface area contributed by atoms with Gasteiger partial charge in [-0.1, -0.05) is 19.1 Å². The predicted octanol–water partition coefficient (Wildman–Crippen LogP) is 1.55. The van der Waals surface area contributed by atoms with E-state index in [1.54, 1.807) is 0 Å². The molecular formula is C14H20N2O2S. The van der Waals surface area contributed by atoms with E-state index in [1.165, 1.54) is 0 Å². The minimum absolute atomic E-state index is 0.0263. The van der Waals surface area contributed by atoms with E-state index in [9.17, 15) is 9.59 Å². The lowest BCUT2D eigenvalue weighted by molar-refractivity contribution is -0.122. The van der Waals surface area contributed by atoms with Crippen molar-refractivity contribution in [2.24, 2.45) is 0 Å². The summed E-state index contributed by atoms with van der Waals surface area (Å²) < 4.78 is 0. The van der Waals surface area contributed by atoms with Crippen molar-refractivity contribution >= 4 is 24.4 Å². The molecule has 0 saturated heterocycles. The predicted molar refractivity (Wildman–Crippen MR) is 78.3 cm³/mol. The monoisotopic (exact) mass is 280 g/mol. The second-order valence-corrected chi connectivity index (χ2v) is 4.81. The lowest BCUT2D eigenvalue weighted by atomic mass is 10.1. The SMILES string of the molecule is CCCNC(=O)CCNC(=O)Cc1ccc(S)cc1. The van der Waals surface area contributed by atoms with Crippen molar-refractivity contribution < 1.29 is 9.59 Å². The van der Waals surface area contributed by atoms with Gasteiger partial charge in [-0.2, -0.15) is 0 Å². The fraction of sp³-hybridized carbons (Fsp3) is 0.429. The molecule has 0 atom stereocenters. The molecule has 0 unspecified atom stereocenters. The Balaban J connectivity index is 2.21. The molecule has 5 heteroatoms. The Bertz CT molecular complexity index is 418. The summed E-state index contributed by atoms with van der Waals surface area (Å²) >= 11 is 4.18. The van der Waals surface area contributed by atoms with Gasteiger partial charge in [-0.05, 0) is 24.1 Å². The van der Waals surface area contributed by atoms with Crippen LogP contribution in [0.5, 0.6) is 0 Å². The molecule has 2 N–H and O–H groups in total. The van der Waals surface area contributed by atoms with Crippen molar-refractivity contribution in [2.45, 2.75) is 31.1 Å². The maximum absolute atomic E-state index is 11.6. The van der Waals surface area contributed by atoms with E-state index in [0.29, 0.717) is 25.9 Å². The van der Waals surface area contributed by atoms with Gasteiger partial charge in [-0.3, -0.25) is 9.59 Å². The van der Waals surface area contributed by atoms with Crippen molar-refractivity contribution in [3.8, 4) is 0 Å². The zero-order valence-corrected chi connectivity index (χ0v) is 12.0. The Morgan fingerprint density at radius 1 is 1.05 bits per heavy atom. The average molecular weight is 280 g/mol. The molecule has 0 bridgehead atoms. The van der Waals surface area contributed by atoms with Crippen molar-refractivity contribution in [2.75, 3.05) is 13.1 Å². The van der Waals surface area contributed by atoms with Crippen LogP contribution in [0.3, 0.4) is 0 Å². The number of hydrogen-bond donors (Lipinski definition) is 3. The first-order valence-electron chi connectivity index (χ1n) is 6.43. The number of carbonyl (C=O) groups is 2. The number of nitrogens with one attached hydrogen (secondary N) is 2. The lowest BCUT2D eigenvalue weighted by Crippen LogP contribution is -2.31. The number of rotatable bonds is 7. The van der Waals surface area contributed by atoms with Gasteiger partial charge in [0.05, 0.1) is 6.42 Å². The third-order valence-electron chi connectivity index (χ3n) is 2.55. The van der Waals surface area contributed by atoms with E-state index in [4.69, 9.17) is 0 Å². The zero-order valence-electron chi connectivity index (χ0n) is 11.1. The standard InChI is InChI=1S/C14H20N2O2S/c1-2-8-15-13(17)7-9-16-14(18)10-11-3-5-12(19)6-4-11/h3-6,19H,2,7-10H2,1H3,(H,15,17)(H,16,18). The van der Waals surface area contributed by atoms with Crippen LogP contribution in [0.15, 0.2) is 29.2 Å². The van der Waals surface area contributed by atoms with Gasteiger partial charge >= 0.3 is 0 Å². The van der Waals surface area contributed by atoms with Crippen LogP contribution in [0, 0.1) is 0 Å². The van der Waals surface area contributed by atoms with E-state index < -0.39 is 0 Å². The third-order valence-corrected chi connectivity index (χ3v) is 2.85. The number of benzene rings is 1. The number of hydrogen-bond acceptors (Lipinski definition) is 3. The molecule has 1 aromatic rings. The number of carbonyl (C=O) groups excluding carboxylic acids is 2. The molecule has 0 aliphatic rings. The maximum Gasteiger partial charge on any atom is 0.224 e. The molecule has 0 fully saturated rings. The van der Waals surface area contributed by atoms with Crippen LogP contribution >= 0.6 is 12.6 Å². The first kappa shape index (κ1) is 15.6. The Kier molecular flexibility index (Phi) is 7.03. The summed E-state index contributed by atoms with van der Waals surface area (Å²) in [6.45, 7) is 3.06. The van der Waals surface area contributed by atoms with E-state index in [1.807, 2.05) is 31.2 Å². The molecule has 0 aliphatic heterocycles. The Morgan fingerprint density at radius 3 is 2.32 bits per heavy atom. The van der Waals surface area contributed by atoms with E-state index in [-0.39, 0.29) is 11.8 Å². The van der Waals surface area contributed by atoms with E-state index >= 15 is 0 Å². The van der Waals surface area contributed by atoms with E-state index in [0.717, 1.165) is 16.9 Å². The van der Waals surface area contributed by atoms with Crippen molar-refractivity contribution in [1.29, 1.82) is 0 Å². The van der Waals surface area contributed by atoms with Gasteiger partial charge in [0.15, 0.2) is 0 Å². The van der Waals surface area contributed by atoms with Gasteiger partial charge < -0.3 is 10.6 Å². The minimum atomic E-state index is -0.0739. The molecule has 1 rings (SSSR count). The molecule has 0 aliphatic carbocycles. The van der Waals surface area contributed by atoms with Crippen molar-refractivity contribution in [1.82, 2.24) is 10.6 Å². The molecule has 0 heterocycles. The number of thiol groups is 1. The summed E-state index contributed by atoms with van der Waals surface area (Å²) in [4.78, 5) is 23.8. The summed E-state index contributed by atoms with van der Waals surface area (Å²) in [5.41, 5.74) is 0.936. The van der Waals surface area contributed by atoms with Crippen molar-refractivity contribution in [3.63, 3.8) is 0 Å². The van der Waals surface area contributed by atoms with Crippen molar-refractivity contribution in [3.05, 3.63) is 29.8 Å². The maximum atomic E-state index is 11.6. The molecule has 0 saturated carbocycles. The summed E-state index contributed by atoms with van der Waals surface area (Å²) in [6, 6.07) is 7.44. The van der Waals surface area contributed by atoms with Crippen LogP contribution in [0.25, 0.3) is 0 Å². The summed E-state index contributed by atoms with van der Waals surface area (Å²) in [6.07, 6.45) is 1.56. The van der Waals surface area contributed by atoms with Gasteiger partial charge in [-0.15, -0.1) is 12.6 Å². The Hall–Kier alpha value is -1.49. The fourth-order valence-corrected chi connectivity index (χ4v) is 1.68. The highest BCUT2D eigenvalue weighted by Crippen LogP contribution is 2.08. The topological polar surface area (TPSA) is 58.2 Å². The summed E-state index contributed by atoms with van der Waals surface area (Å²) in [5, 5.41) is 5.50. The van der Waals surface area contributed by atoms with Gasteiger partial charge in [-0.25, -0.2) is 0 Å². The van der Waals surface area contributed by atoms with Gasteiger partial charge in [0.25, 0.3) is 0 Å². The quantitative estimate of drug-likeness (QED) is 0.664. The van der Waals surface area contributed by atoms with E-state index in [2.05, 4.69) is 23.3 Å². The van der Waals surface area contributed by atoms with Crippen LogP contribution in [0.1, 0.15) is 25.3 Å². The van der Waals surface area contributed by atoms with Crippen LogP contribution in [0.4, 0.5) is 0 Å². The Labute approximate surface area is 119 Å². The first-order chi connectivity index (χ1) is 9.11. The molecular weight excluding hydrogens is 260 g/mol. The minimum Gasteiger partial charge on any atom is -0.356 e. The molecule has 19 heavy (non-hydrogen) atoms. The second kappa shape index (κ2) is 8.58.